The van der Waals surface area contributed by atoms with Gasteiger partial charge in [-0.2, -0.15) is 0 Å². The first-order chi connectivity index (χ1) is 13.9. The second kappa shape index (κ2) is 7.83. The lowest BCUT2D eigenvalue weighted by atomic mass is 9.96. The van der Waals surface area contributed by atoms with Crippen molar-refractivity contribution in [3.63, 3.8) is 0 Å². The van der Waals surface area contributed by atoms with E-state index in [1.165, 1.54) is 16.3 Å². The van der Waals surface area contributed by atoms with Crippen molar-refractivity contribution >= 4 is 32.6 Å². The van der Waals surface area contributed by atoms with Crippen LogP contribution in [0.3, 0.4) is 0 Å². The van der Waals surface area contributed by atoms with Gasteiger partial charge in [-0.05, 0) is 71.8 Å². The van der Waals surface area contributed by atoms with Crippen LogP contribution in [0.5, 0.6) is 5.75 Å². The van der Waals surface area contributed by atoms with Gasteiger partial charge in [-0.1, -0.05) is 60.1 Å². The Morgan fingerprint density at radius 3 is 2.62 bits per heavy atom. The highest BCUT2D eigenvalue weighted by molar-refractivity contribution is 9.10. The molecule has 0 unspecified atom stereocenters. The number of halogens is 1. The first kappa shape index (κ1) is 20.0. The first-order valence-corrected chi connectivity index (χ1v) is 10.9. The van der Waals surface area contributed by atoms with E-state index in [2.05, 4.69) is 65.4 Å². The number of aryl methyl sites for hydroxylation is 1. The van der Waals surface area contributed by atoms with Crippen molar-refractivity contribution < 1.29 is 9.53 Å². The van der Waals surface area contributed by atoms with Crippen molar-refractivity contribution in [2.24, 2.45) is 5.92 Å². The van der Waals surface area contributed by atoms with E-state index >= 15 is 0 Å². The largest absolute Gasteiger partial charge is 0.493 e. The summed E-state index contributed by atoms with van der Waals surface area (Å²) in [4.78, 5) is 13.2. The van der Waals surface area contributed by atoms with Crippen LogP contribution < -0.4 is 10.1 Å². The normalized spacial score (nSPS) is 14.8. The highest BCUT2D eigenvalue weighted by Gasteiger charge is 2.47. The van der Waals surface area contributed by atoms with Crippen LogP contribution in [-0.2, 0) is 5.54 Å². The molecule has 150 valence electrons. The number of ether oxygens (including phenoxy) is 1. The average molecular weight is 452 g/mol. The number of fused-ring (bicyclic) bond motifs is 1. The van der Waals surface area contributed by atoms with Crippen molar-refractivity contribution in [3.05, 3.63) is 75.8 Å². The van der Waals surface area contributed by atoms with Gasteiger partial charge in [-0.3, -0.25) is 4.79 Å². The molecule has 1 N–H and O–H groups in total. The molecule has 0 spiro atoms. The molecule has 3 aromatic rings. The number of carbonyl (C=O) groups is 1. The lowest BCUT2D eigenvalue weighted by Crippen LogP contribution is -2.35. The molecular weight excluding hydrogens is 426 g/mol. The molecule has 1 aliphatic rings. The van der Waals surface area contributed by atoms with Crippen LogP contribution in [0.1, 0.15) is 48.2 Å². The van der Waals surface area contributed by atoms with E-state index in [1.807, 2.05) is 31.2 Å². The minimum Gasteiger partial charge on any atom is -0.493 e. The SMILES string of the molecule is Cc1ccc(OCC(C)C)cc1C(=O)NC1(c2cc(Br)cc3ccccc23)CC1. The molecule has 4 rings (SSSR count). The zero-order valence-electron chi connectivity index (χ0n) is 17.1. The molecule has 0 bridgehead atoms. The lowest BCUT2D eigenvalue weighted by Gasteiger charge is -2.21. The summed E-state index contributed by atoms with van der Waals surface area (Å²) in [5.74, 6) is 1.14. The average Bonchev–Trinajstić information content (AvgIpc) is 3.47. The highest BCUT2D eigenvalue weighted by Crippen LogP contribution is 2.49. The third-order valence-corrected chi connectivity index (χ3v) is 5.94. The van der Waals surface area contributed by atoms with Gasteiger partial charge in [-0.25, -0.2) is 0 Å². The number of hydrogen-bond acceptors (Lipinski definition) is 2. The smallest absolute Gasteiger partial charge is 0.252 e. The van der Waals surface area contributed by atoms with Gasteiger partial charge in [0.25, 0.3) is 5.91 Å². The van der Waals surface area contributed by atoms with Crippen molar-refractivity contribution in [3.8, 4) is 5.75 Å². The number of benzene rings is 3. The Morgan fingerprint density at radius 2 is 1.90 bits per heavy atom. The van der Waals surface area contributed by atoms with Gasteiger partial charge >= 0.3 is 0 Å². The molecule has 3 nitrogen and oxygen atoms in total. The number of carbonyl (C=O) groups excluding carboxylic acids is 1. The summed E-state index contributed by atoms with van der Waals surface area (Å²) < 4.78 is 6.87. The molecule has 1 aliphatic carbocycles. The van der Waals surface area contributed by atoms with Crippen LogP contribution in [-0.4, -0.2) is 12.5 Å². The Kier molecular flexibility index (Phi) is 5.39. The number of amides is 1. The van der Waals surface area contributed by atoms with Gasteiger partial charge in [0.1, 0.15) is 5.75 Å². The zero-order valence-corrected chi connectivity index (χ0v) is 18.7. The minimum atomic E-state index is -0.304. The standard InChI is InChI=1S/C25H26BrNO2/c1-16(2)15-29-20-9-8-17(3)22(14-20)24(28)27-25(10-11-25)23-13-19(26)12-18-6-4-5-7-21(18)23/h4-9,12-14,16H,10-11,15H2,1-3H3,(H,27,28). The molecule has 0 aliphatic heterocycles. The number of rotatable bonds is 6. The fourth-order valence-electron chi connectivity index (χ4n) is 3.74. The van der Waals surface area contributed by atoms with Gasteiger partial charge in [0.2, 0.25) is 0 Å². The summed E-state index contributed by atoms with van der Waals surface area (Å²) in [6.07, 6.45) is 1.89. The molecule has 1 fully saturated rings. The molecule has 1 saturated carbocycles. The lowest BCUT2D eigenvalue weighted by molar-refractivity contribution is 0.0930. The minimum absolute atomic E-state index is 0.0425. The zero-order chi connectivity index (χ0) is 20.6. The van der Waals surface area contributed by atoms with Crippen molar-refractivity contribution in [1.29, 1.82) is 0 Å². The van der Waals surface area contributed by atoms with Gasteiger partial charge in [0.05, 0.1) is 12.1 Å². The van der Waals surface area contributed by atoms with Gasteiger partial charge < -0.3 is 10.1 Å². The maximum Gasteiger partial charge on any atom is 0.252 e. The Balaban J connectivity index is 1.63. The summed E-state index contributed by atoms with van der Waals surface area (Å²) in [7, 11) is 0. The van der Waals surface area contributed by atoms with Crippen LogP contribution >= 0.6 is 15.9 Å². The Hall–Kier alpha value is -2.33. The van der Waals surface area contributed by atoms with Crippen molar-refractivity contribution in [2.45, 2.75) is 39.2 Å². The predicted octanol–water partition coefficient (Wildman–Crippen LogP) is 6.36. The monoisotopic (exact) mass is 451 g/mol. The summed E-state index contributed by atoms with van der Waals surface area (Å²) in [6.45, 7) is 6.83. The molecule has 0 heterocycles. The molecule has 1 amide bonds. The van der Waals surface area contributed by atoms with Crippen LogP contribution in [0.2, 0.25) is 0 Å². The van der Waals surface area contributed by atoms with E-state index in [0.717, 1.165) is 28.6 Å². The topological polar surface area (TPSA) is 38.3 Å². The van der Waals surface area contributed by atoms with Gasteiger partial charge in [-0.15, -0.1) is 0 Å². The van der Waals surface area contributed by atoms with E-state index in [-0.39, 0.29) is 11.4 Å². The Bertz CT molecular complexity index is 1070. The van der Waals surface area contributed by atoms with E-state index in [1.54, 1.807) is 0 Å². The van der Waals surface area contributed by atoms with E-state index in [0.29, 0.717) is 18.1 Å². The summed E-state index contributed by atoms with van der Waals surface area (Å²) >= 11 is 3.64. The molecule has 4 heteroatoms. The third kappa shape index (κ3) is 4.18. The third-order valence-electron chi connectivity index (χ3n) is 5.48. The second-order valence-electron chi connectivity index (χ2n) is 8.39. The van der Waals surface area contributed by atoms with Crippen molar-refractivity contribution in [2.75, 3.05) is 6.61 Å². The predicted molar refractivity (Wildman–Crippen MR) is 122 cm³/mol. The first-order valence-electron chi connectivity index (χ1n) is 10.1. The molecule has 29 heavy (non-hydrogen) atoms. The number of hydrogen-bond donors (Lipinski definition) is 1. The molecule has 3 aromatic carbocycles. The summed E-state index contributed by atoms with van der Waals surface area (Å²) in [5.41, 5.74) is 2.51. The van der Waals surface area contributed by atoms with E-state index < -0.39 is 0 Å². The van der Waals surface area contributed by atoms with E-state index in [9.17, 15) is 4.79 Å². The Labute approximate surface area is 180 Å². The Morgan fingerprint density at radius 1 is 1.14 bits per heavy atom. The molecule has 0 atom stereocenters. The quantitative estimate of drug-likeness (QED) is 0.472. The van der Waals surface area contributed by atoms with Crippen LogP contribution in [0.15, 0.2) is 59.1 Å². The molecule has 0 aromatic heterocycles. The summed E-state index contributed by atoms with van der Waals surface area (Å²) in [5, 5.41) is 5.71. The van der Waals surface area contributed by atoms with Crippen LogP contribution in [0, 0.1) is 12.8 Å². The van der Waals surface area contributed by atoms with Crippen LogP contribution in [0.4, 0.5) is 0 Å². The van der Waals surface area contributed by atoms with Gasteiger partial charge in [0, 0.05) is 10.0 Å². The fraction of sp³-hybridized carbons (Fsp3) is 0.320. The van der Waals surface area contributed by atoms with E-state index in [4.69, 9.17) is 4.74 Å². The van der Waals surface area contributed by atoms with Crippen molar-refractivity contribution in [1.82, 2.24) is 5.32 Å². The maximum absolute atomic E-state index is 13.2. The molecule has 0 radical (unpaired) electrons. The second-order valence-corrected chi connectivity index (χ2v) is 9.31. The highest BCUT2D eigenvalue weighted by atomic mass is 79.9. The molecule has 0 saturated heterocycles. The van der Waals surface area contributed by atoms with Crippen LogP contribution in [0.25, 0.3) is 10.8 Å². The number of nitrogens with one attached hydrogen (secondary N) is 1. The summed E-state index contributed by atoms with van der Waals surface area (Å²) in [6, 6.07) is 18.4. The fourth-order valence-corrected chi connectivity index (χ4v) is 4.22. The van der Waals surface area contributed by atoms with Gasteiger partial charge in [0.15, 0.2) is 0 Å². The maximum atomic E-state index is 13.2. The molecular formula is C25H26BrNO2.